The molecule has 2 rings (SSSR count). The lowest BCUT2D eigenvalue weighted by Gasteiger charge is -2.14. The summed E-state index contributed by atoms with van der Waals surface area (Å²) >= 11 is 12.7. The summed E-state index contributed by atoms with van der Waals surface area (Å²) in [6.07, 6.45) is 0.320. The van der Waals surface area contributed by atoms with Gasteiger partial charge in [-0.05, 0) is 11.6 Å². The maximum atomic E-state index is 11.9. The third-order valence-corrected chi connectivity index (χ3v) is 4.16. The Kier molecular flexibility index (Phi) is 3.84. The molecule has 16 heavy (non-hydrogen) atoms. The van der Waals surface area contributed by atoms with Crippen molar-refractivity contribution >= 4 is 45.8 Å². The fraction of sp³-hybridized carbons (Fsp3) is 0.273. The Morgan fingerprint density at radius 3 is 2.88 bits per heavy atom. The highest BCUT2D eigenvalue weighted by Crippen LogP contribution is 2.21. The van der Waals surface area contributed by atoms with Crippen LogP contribution in [-0.2, 0) is 11.2 Å². The Hall–Kier alpha value is -0.580. The minimum atomic E-state index is 0.0306. The molecular formula is C11H10ClNOS2. The second-order valence-electron chi connectivity index (χ2n) is 3.43. The first-order valence-corrected chi connectivity index (χ1v) is 6.66. The molecule has 84 valence electrons. The van der Waals surface area contributed by atoms with Crippen LogP contribution < -0.4 is 0 Å². The van der Waals surface area contributed by atoms with E-state index >= 15 is 0 Å². The number of amides is 1. The molecular weight excluding hydrogens is 262 g/mol. The minimum Gasteiger partial charge on any atom is -0.297 e. The van der Waals surface area contributed by atoms with Crippen LogP contribution in [-0.4, -0.2) is 27.4 Å². The van der Waals surface area contributed by atoms with Crippen molar-refractivity contribution in [1.82, 2.24) is 4.90 Å². The topological polar surface area (TPSA) is 20.3 Å². The van der Waals surface area contributed by atoms with Gasteiger partial charge in [0.1, 0.15) is 4.32 Å². The zero-order valence-electron chi connectivity index (χ0n) is 8.48. The summed E-state index contributed by atoms with van der Waals surface area (Å²) in [6.45, 7) is 0.715. The Balaban J connectivity index is 2.08. The Morgan fingerprint density at radius 1 is 1.50 bits per heavy atom. The van der Waals surface area contributed by atoms with Gasteiger partial charge < -0.3 is 0 Å². The van der Waals surface area contributed by atoms with Gasteiger partial charge in [-0.3, -0.25) is 9.69 Å². The molecule has 0 saturated carbocycles. The van der Waals surface area contributed by atoms with Crippen LogP contribution in [0.2, 0.25) is 5.02 Å². The van der Waals surface area contributed by atoms with Crippen molar-refractivity contribution in [2.75, 3.05) is 12.3 Å². The zero-order valence-corrected chi connectivity index (χ0v) is 10.9. The molecule has 1 aromatic rings. The molecule has 0 radical (unpaired) electrons. The third kappa shape index (κ3) is 2.56. The number of rotatable bonds is 2. The predicted molar refractivity (Wildman–Crippen MR) is 71.9 cm³/mol. The average molecular weight is 272 g/mol. The summed E-state index contributed by atoms with van der Waals surface area (Å²) in [6, 6.07) is 7.39. The molecule has 1 aliphatic rings. The molecule has 1 heterocycles. The first kappa shape index (κ1) is 11.9. The summed E-state index contributed by atoms with van der Waals surface area (Å²) in [4.78, 5) is 13.6. The monoisotopic (exact) mass is 271 g/mol. The zero-order chi connectivity index (χ0) is 11.5. The number of hydrogen-bond donors (Lipinski definition) is 0. The number of carbonyl (C=O) groups is 1. The Bertz CT molecular complexity index is 436. The van der Waals surface area contributed by atoms with Crippen LogP contribution in [0.5, 0.6) is 0 Å². The SMILES string of the molecule is O=C(Cc1ccccc1Cl)N1CCSC1=S. The molecule has 0 bridgehead atoms. The van der Waals surface area contributed by atoms with Crippen molar-refractivity contribution < 1.29 is 4.79 Å². The Labute approximate surface area is 109 Å². The van der Waals surface area contributed by atoms with Gasteiger partial charge in [0, 0.05) is 17.3 Å². The van der Waals surface area contributed by atoms with E-state index in [-0.39, 0.29) is 5.91 Å². The molecule has 1 saturated heterocycles. The number of halogens is 1. The van der Waals surface area contributed by atoms with Crippen LogP contribution in [0.25, 0.3) is 0 Å². The van der Waals surface area contributed by atoms with E-state index in [9.17, 15) is 4.79 Å². The van der Waals surface area contributed by atoms with Crippen molar-refractivity contribution in [3.05, 3.63) is 34.9 Å². The summed E-state index contributed by atoms with van der Waals surface area (Å²) in [5, 5.41) is 0.633. The minimum absolute atomic E-state index is 0.0306. The fourth-order valence-electron chi connectivity index (χ4n) is 1.52. The molecule has 0 aromatic heterocycles. The van der Waals surface area contributed by atoms with E-state index in [1.807, 2.05) is 18.2 Å². The van der Waals surface area contributed by atoms with Crippen molar-refractivity contribution in [3.63, 3.8) is 0 Å². The lowest BCUT2D eigenvalue weighted by Crippen LogP contribution is -2.32. The molecule has 1 aromatic carbocycles. The van der Waals surface area contributed by atoms with E-state index in [2.05, 4.69) is 0 Å². The summed E-state index contributed by atoms with van der Waals surface area (Å²) in [5.41, 5.74) is 0.855. The normalized spacial score (nSPS) is 15.6. The van der Waals surface area contributed by atoms with Gasteiger partial charge >= 0.3 is 0 Å². The largest absolute Gasteiger partial charge is 0.297 e. The van der Waals surface area contributed by atoms with Gasteiger partial charge in [-0.1, -0.05) is 53.8 Å². The van der Waals surface area contributed by atoms with E-state index in [1.54, 1.807) is 22.7 Å². The van der Waals surface area contributed by atoms with Crippen molar-refractivity contribution in [2.45, 2.75) is 6.42 Å². The van der Waals surface area contributed by atoms with Gasteiger partial charge in [0.2, 0.25) is 5.91 Å². The maximum Gasteiger partial charge on any atom is 0.232 e. The number of carbonyl (C=O) groups excluding carboxylic acids is 1. The second-order valence-corrected chi connectivity index (χ2v) is 5.56. The van der Waals surface area contributed by atoms with Gasteiger partial charge in [-0.2, -0.15) is 0 Å². The first-order chi connectivity index (χ1) is 7.68. The first-order valence-electron chi connectivity index (χ1n) is 4.89. The van der Waals surface area contributed by atoms with Crippen molar-refractivity contribution in [1.29, 1.82) is 0 Å². The van der Waals surface area contributed by atoms with E-state index in [1.165, 1.54) is 0 Å². The summed E-state index contributed by atoms with van der Waals surface area (Å²) in [7, 11) is 0. The van der Waals surface area contributed by atoms with E-state index in [4.69, 9.17) is 23.8 Å². The molecule has 0 aliphatic carbocycles. The molecule has 0 unspecified atom stereocenters. The molecule has 1 aliphatic heterocycles. The lowest BCUT2D eigenvalue weighted by atomic mass is 10.1. The van der Waals surface area contributed by atoms with Crippen LogP contribution in [0.3, 0.4) is 0 Å². The number of thiocarbonyl (C=S) groups is 1. The highest BCUT2D eigenvalue weighted by atomic mass is 35.5. The standard InChI is InChI=1S/C11H10ClNOS2/c12-9-4-2-1-3-8(9)7-10(14)13-5-6-16-11(13)15/h1-4H,5-7H2. The van der Waals surface area contributed by atoms with Gasteiger partial charge in [0.25, 0.3) is 0 Å². The number of hydrogen-bond acceptors (Lipinski definition) is 3. The van der Waals surface area contributed by atoms with Crippen LogP contribution in [0.15, 0.2) is 24.3 Å². The van der Waals surface area contributed by atoms with E-state index in [0.717, 1.165) is 11.3 Å². The van der Waals surface area contributed by atoms with Crippen molar-refractivity contribution in [2.24, 2.45) is 0 Å². The fourth-order valence-corrected chi connectivity index (χ4v) is 2.96. The summed E-state index contributed by atoms with van der Waals surface area (Å²) in [5.74, 6) is 0.927. The van der Waals surface area contributed by atoms with Crippen molar-refractivity contribution in [3.8, 4) is 0 Å². The smallest absolute Gasteiger partial charge is 0.232 e. The van der Waals surface area contributed by atoms with Gasteiger partial charge in [0.05, 0.1) is 6.42 Å². The molecule has 0 atom stereocenters. The highest BCUT2D eigenvalue weighted by Gasteiger charge is 2.24. The molecule has 2 nitrogen and oxygen atoms in total. The maximum absolute atomic E-state index is 11.9. The molecule has 5 heteroatoms. The van der Waals surface area contributed by atoms with Crippen LogP contribution in [0, 0.1) is 0 Å². The quantitative estimate of drug-likeness (QED) is 0.772. The Morgan fingerprint density at radius 2 is 2.25 bits per heavy atom. The van der Waals surface area contributed by atoms with Gasteiger partial charge in [0.15, 0.2) is 0 Å². The van der Waals surface area contributed by atoms with E-state index < -0.39 is 0 Å². The highest BCUT2D eigenvalue weighted by molar-refractivity contribution is 8.23. The summed E-state index contributed by atoms with van der Waals surface area (Å²) < 4.78 is 0.678. The number of thioether (sulfide) groups is 1. The van der Waals surface area contributed by atoms with Crippen LogP contribution >= 0.6 is 35.6 Å². The van der Waals surface area contributed by atoms with Crippen LogP contribution in [0.1, 0.15) is 5.56 Å². The average Bonchev–Trinajstić information content (AvgIpc) is 2.68. The molecule has 0 spiro atoms. The second kappa shape index (κ2) is 5.17. The predicted octanol–water partition coefficient (Wildman–Crippen LogP) is 2.74. The van der Waals surface area contributed by atoms with E-state index in [0.29, 0.717) is 22.3 Å². The number of nitrogens with zero attached hydrogens (tertiary/aromatic N) is 1. The van der Waals surface area contributed by atoms with Gasteiger partial charge in [-0.15, -0.1) is 0 Å². The molecule has 0 N–H and O–H groups in total. The molecule has 1 amide bonds. The third-order valence-electron chi connectivity index (χ3n) is 2.36. The van der Waals surface area contributed by atoms with Crippen LogP contribution in [0.4, 0.5) is 0 Å². The number of benzene rings is 1. The van der Waals surface area contributed by atoms with Gasteiger partial charge in [-0.25, -0.2) is 0 Å². The lowest BCUT2D eigenvalue weighted by molar-refractivity contribution is -0.126. The molecule has 1 fully saturated rings.